The molecule has 1 atom stereocenters. The summed E-state index contributed by atoms with van der Waals surface area (Å²) in [6, 6.07) is 6.87. The first-order valence-corrected chi connectivity index (χ1v) is 8.51. The van der Waals surface area contributed by atoms with Gasteiger partial charge in [0.2, 0.25) is 10.0 Å². The monoisotopic (exact) mass is 297 g/mol. The minimum absolute atomic E-state index is 0.325. The highest BCUT2D eigenvalue weighted by Gasteiger charge is 2.22. The van der Waals surface area contributed by atoms with Gasteiger partial charge in [-0.25, -0.2) is 13.1 Å². The van der Waals surface area contributed by atoms with Gasteiger partial charge in [-0.15, -0.1) is 0 Å². The Morgan fingerprint density at radius 3 is 2.55 bits per heavy atom. The van der Waals surface area contributed by atoms with Crippen LogP contribution in [0, 0.1) is 5.92 Å². The fourth-order valence-electron chi connectivity index (χ4n) is 2.46. The molecule has 1 aromatic carbocycles. The second kappa shape index (κ2) is 6.56. The molecular formula is C14H23N3O2S. The highest BCUT2D eigenvalue weighted by atomic mass is 32.2. The highest BCUT2D eigenvalue weighted by Crippen LogP contribution is 2.16. The van der Waals surface area contributed by atoms with E-state index in [1.807, 2.05) is 6.92 Å². The van der Waals surface area contributed by atoms with Crippen molar-refractivity contribution in [3.63, 3.8) is 0 Å². The van der Waals surface area contributed by atoms with E-state index in [0.717, 1.165) is 31.7 Å². The van der Waals surface area contributed by atoms with Crippen molar-refractivity contribution in [1.29, 1.82) is 0 Å². The number of benzene rings is 1. The number of anilines is 1. The Hall–Kier alpha value is -1.11. The van der Waals surface area contributed by atoms with Crippen molar-refractivity contribution in [3.8, 4) is 0 Å². The van der Waals surface area contributed by atoms with E-state index in [1.165, 1.54) is 0 Å². The largest absolute Gasteiger partial charge is 0.385 e. The number of hydrogen-bond acceptors (Lipinski definition) is 4. The van der Waals surface area contributed by atoms with Gasteiger partial charge in [0.25, 0.3) is 0 Å². The first-order valence-electron chi connectivity index (χ1n) is 7.03. The molecule has 0 amide bonds. The van der Waals surface area contributed by atoms with Crippen LogP contribution in [0.3, 0.4) is 0 Å². The lowest BCUT2D eigenvalue weighted by Gasteiger charge is -2.12. The lowest BCUT2D eigenvalue weighted by atomic mass is 10.1. The minimum Gasteiger partial charge on any atom is -0.385 e. The number of sulfonamides is 1. The van der Waals surface area contributed by atoms with Crippen LogP contribution in [0.1, 0.15) is 13.3 Å². The standard InChI is InChI=1S/C14H23N3O2S/c1-3-15-13-4-6-14(7-5-13)20(18,19)16-10-12-8-9-17(2)11-12/h4-7,12,15-16H,3,8-11H2,1-2H3. The highest BCUT2D eigenvalue weighted by molar-refractivity contribution is 7.89. The van der Waals surface area contributed by atoms with Crippen LogP contribution in [0.2, 0.25) is 0 Å². The number of rotatable bonds is 6. The molecule has 0 aromatic heterocycles. The van der Waals surface area contributed by atoms with Crippen LogP contribution in [0.5, 0.6) is 0 Å². The fourth-order valence-corrected chi connectivity index (χ4v) is 3.58. The van der Waals surface area contributed by atoms with Gasteiger partial charge in [0.15, 0.2) is 0 Å². The third-order valence-corrected chi connectivity index (χ3v) is 5.04. The summed E-state index contributed by atoms with van der Waals surface area (Å²) >= 11 is 0. The van der Waals surface area contributed by atoms with Crippen molar-refractivity contribution in [1.82, 2.24) is 9.62 Å². The van der Waals surface area contributed by atoms with Gasteiger partial charge in [0.1, 0.15) is 0 Å². The predicted molar refractivity (Wildman–Crippen MR) is 81.4 cm³/mol. The Kier molecular flexibility index (Phi) is 5.01. The van der Waals surface area contributed by atoms with Gasteiger partial charge in [-0.05, 0) is 57.1 Å². The molecule has 1 saturated heterocycles. The van der Waals surface area contributed by atoms with E-state index < -0.39 is 10.0 Å². The summed E-state index contributed by atoms with van der Waals surface area (Å²) in [6.45, 7) is 5.34. The molecule has 6 heteroatoms. The Morgan fingerprint density at radius 1 is 1.30 bits per heavy atom. The molecule has 0 radical (unpaired) electrons. The zero-order valence-electron chi connectivity index (χ0n) is 12.1. The molecule has 1 aliphatic rings. The molecule has 1 aliphatic heterocycles. The van der Waals surface area contributed by atoms with Gasteiger partial charge in [-0.2, -0.15) is 0 Å². The first-order chi connectivity index (χ1) is 9.51. The SMILES string of the molecule is CCNc1ccc(S(=O)(=O)NCC2CCN(C)C2)cc1. The summed E-state index contributed by atoms with van der Waals surface area (Å²) in [7, 11) is -1.33. The Bertz CT molecular complexity index is 528. The third-order valence-electron chi connectivity index (χ3n) is 3.60. The molecule has 1 unspecified atom stereocenters. The smallest absolute Gasteiger partial charge is 0.240 e. The quantitative estimate of drug-likeness (QED) is 0.832. The summed E-state index contributed by atoms with van der Waals surface area (Å²) in [5, 5.41) is 3.15. The molecule has 1 aromatic rings. The topological polar surface area (TPSA) is 61.4 Å². The average Bonchev–Trinajstić information content (AvgIpc) is 2.84. The number of hydrogen-bond donors (Lipinski definition) is 2. The van der Waals surface area contributed by atoms with Crippen molar-refractivity contribution in [2.75, 3.05) is 38.5 Å². The van der Waals surface area contributed by atoms with Gasteiger partial charge in [0.05, 0.1) is 4.90 Å². The Balaban J connectivity index is 1.95. The molecule has 5 nitrogen and oxygen atoms in total. The maximum Gasteiger partial charge on any atom is 0.240 e. The molecule has 112 valence electrons. The zero-order valence-corrected chi connectivity index (χ0v) is 12.9. The summed E-state index contributed by atoms with van der Waals surface area (Å²) in [4.78, 5) is 2.55. The van der Waals surface area contributed by atoms with Crippen molar-refractivity contribution < 1.29 is 8.42 Å². The molecule has 1 fully saturated rings. The lowest BCUT2D eigenvalue weighted by molar-refractivity contribution is 0.394. The summed E-state index contributed by atoms with van der Waals surface area (Å²) in [5.41, 5.74) is 0.934. The maximum absolute atomic E-state index is 12.2. The predicted octanol–water partition coefficient (Wildman–Crippen LogP) is 1.35. The van der Waals surface area contributed by atoms with E-state index in [4.69, 9.17) is 0 Å². The molecular weight excluding hydrogens is 274 g/mol. The number of nitrogens with one attached hydrogen (secondary N) is 2. The van der Waals surface area contributed by atoms with E-state index in [9.17, 15) is 8.42 Å². The Morgan fingerprint density at radius 2 is 2.00 bits per heavy atom. The van der Waals surface area contributed by atoms with Crippen LogP contribution in [0.25, 0.3) is 0 Å². The second-order valence-corrected chi connectivity index (χ2v) is 7.09. The van der Waals surface area contributed by atoms with Gasteiger partial charge < -0.3 is 10.2 Å². The second-order valence-electron chi connectivity index (χ2n) is 5.32. The van der Waals surface area contributed by atoms with E-state index >= 15 is 0 Å². The fraction of sp³-hybridized carbons (Fsp3) is 0.571. The average molecular weight is 297 g/mol. The minimum atomic E-state index is -3.39. The van der Waals surface area contributed by atoms with Crippen LogP contribution in [0.4, 0.5) is 5.69 Å². The van der Waals surface area contributed by atoms with Gasteiger partial charge in [-0.1, -0.05) is 0 Å². The number of likely N-dealkylation sites (tertiary alicyclic amines) is 1. The van der Waals surface area contributed by atoms with Crippen molar-refractivity contribution in [3.05, 3.63) is 24.3 Å². The molecule has 20 heavy (non-hydrogen) atoms. The molecule has 2 rings (SSSR count). The molecule has 0 bridgehead atoms. The maximum atomic E-state index is 12.2. The van der Waals surface area contributed by atoms with Gasteiger partial charge >= 0.3 is 0 Å². The van der Waals surface area contributed by atoms with E-state index in [-0.39, 0.29) is 0 Å². The summed E-state index contributed by atoms with van der Waals surface area (Å²) < 4.78 is 27.1. The zero-order chi connectivity index (χ0) is 14.6. The third kappa shape index (κ3) is 3.94. The summed E-state index contributed by atoms with van der Waals surface area (Å²) in [6.07, 6.45) is 1.05. The van der Waals surface area contributed by atoms with Gasteiger partial charge in [-0.3, -0.25) is 0 Å². The van der Waals surface area contributed by atoms with Crippen LogP contribution >= 0.6 is 0 Å². The molecule has 0 aliphatic carbocycles. The molecule has 0 saturated carbocycles. The van der Waals surface area contributed by atoms with E-state index in [1.54, 1.807) is 24.3 Å². The van der Waals surface area contributed by atoms with E-state index in [0.29, 0.717) is 17.4 Å². The van der Waals surface area contributed by atoms with Crippen LogP contribution in [0.15, 0.2) is 29.2 Å². The normalized spacial score (nSPS) is 20.2. The summed E-state index contributed by atoms with van der Waals surface area (Å²) in [5.74, 6) is 0.413. The van der Waals surface area contributed by atoms with Crippen molar-refractivity contribution >= 4 is 15.7 Å². The van der Waals surface area contributed by atoms with Gasteiger partial charge in [0, 0.05) is 25.3 Å². The van der Waals surface area contributed by atoms with Crippen molar-refractivity contribution in [2.24, 2.45) is 5.92 Å². The Labute approximate surface area is 121 Å². The van der Waals surface area contributed by atoms with Crippen LogP contribution < -0.4 is 10.0 Å². The van der Waals surface area contributed by atoms with Crippen LogP contribution in [-0.4, -0.2) is 46.5 Å². The van der Waals surface area contributed by atoms with Crippen molar-refractivity contribution in [2.45, 2.75) is 18.2 Å². The molecule has 1 heterocycles. The lowest BCUT2D eigenvalue weighted by Crippen LogP contribution is -2.30. The van der Waals surface area contributed by atoms with Crippen LogP contribution in [-0.2, 0) is 10.0 Å². The van der Waals surface area contributed by atoms with E-state index in [2.05, 4.69) is 22.0 Å². The molecule has 2 N–H and O–H groups in total. The molecule has 0 spiro atoms. The first kappa shape index (κ1) is 15.3. The number of nitrogens with zero attached hydrogens (tertiary/aromatic N) is 1.